The van der Waals surface area contributed by atoms with Crippen LogP contribution in [0.2, 0.25) is 0 Å². The van der Waals surface area contributed by atoms with E-state index >= 15 is 0 Å². The molecule has 0 unspecified atom stereocenters. The Bertz CT molecular complexity index is 1260. The zero-order chi connectivity index (χ0) is 24.1. The number of hydrogen-bond donors (Lipinski definition) is 1. The third-order valence-electron chi connectivity index (χ3n) is 5.17. The summed E-state index contributed by atoms with van der Waals surface area (Å²) < 4.78 is 21.0. The number of carbonyl (C=O) groups is 2. The van der Waals surface area contributed by atoms with Crippen LogP contribution in [0.4, 0.5) is 4.39 Å². The molecular weight excluding hydrogens is 477 g/mol. The Labute approximate surface area is 204 Å². The Balaban J connectivity index is 1.43. The second kappa shape index (κ2) is 10.7. The first kappa shape index (κ1) is 23.8. The highest BCUT2D eigenvalue weighted by Gasteiger charge is 2.31. The maximum atomic E-state index is 14.8. The number of unbranched alkanes of at least 4 members (excludes halogenated alkanes) is 2. The van der Waals surface area contributed by atoms with E-state index in [-0.39, 0.29) is 12.3 Å². The molecule has 1 amide bonds. The van der Waals surface area contributed by atoms with Gasteiger partial charge in [-0.3, -0.25) is 14.5 Å². The van der Waals surface area contributed by atoms with E-state index in [1.54, 1.807) is 42.7 Å². The Morgan fingerprint density at radius 3 is 2.68 bits per heavy atom. The van der Waals surface area contributed by atoms with E-state index < -0.39 is 11.8 Å². The molecule has 1 aromatic carbocycles. The van der Waals surface area contributed by atoms with Crippen LogP contribution in [0.25, 0.3) is 28.5 Å². The third kappa shape index (κ3) is 5.57. The van der Waals surface area contributed by atoms with Crippen molar-refractivity contribution in [2.24, 2.45) is 0 Å². The van der Waals surface area contributed by atoms with Crippen LogP contribution in [0.5, 0.6) is 0 Å². The summed E-state index contributed by atoms with van der Waals surface area (Å²) in [6.45, 7) is 0.440. The van der Waals surface area contributed by atoms with Crippen molar-refractivity contribution in [2.75, 3.05) is 6.54 Å². The largest absolute Gasteiger partial charge is 0.481 e. The Hall–Kier alpha value is -3.37. The fourth-order valence-electron chi connectivity index (χ4n) is 3.46. The summed E-state index contributed by atoms with van der Waals surface area (Å²) in [6.07, 6.45) is 8.27. The number of carbonyl (C=O) groups excluding carboxylic acids is 1. The van der Waals surface area contributed by atoms with E-state index in [9.17, 15) is 14.0 Å². The van der Waals surface area contributed by atoms with Gasteiger partial charge in [-0.25, -0.2) is 14.4 Å². The monoisotopic (exact) mass is 497 g/mol. The molecule has 174 valence electrons. The number of rotatable bonds is 9. The van der Waals surface area contributed by atoms with Crippen molar-refractivity contribution in [3.8, 4) is 22.5 Å². The van der Waals surface area contributed by atoms with Gasteiger partial charge in [0.15, 0.2) is 0 Å². The van der Waals surface area contributed by atoms with Crippen molar-refractivity contribution >= 4 is 46.3 Å². The summed E-state index contributed by atoms with van der Waals surface area (Å²) in [5, 5.41) is 8.70. The fraction of sp³-hybridized carbons (Fsp3) is 0.208. The summed E-state index contributed by atoms with van der Waals surface area (Å²) >= 11 is 6.51. The third-order valence-corrected chi connectivity index (χ3v) is 6.55. The number of carboxylic acid groups (broad SMARTS) is 1. The van der Waals surface area contributed by atoms with Gasteiger partial charge in [0.05, 0.1) is 10.5 Å². The number of halogens is 1. The van der Waals surface area contributed by atoms with Crippen molar-refractivity contribution in [1.29, 1.82) is 0 Å². The highest BCUT2D eigenvalue weighted by molar-refractivity contribution is 8.26. The Kier molecular flexibility index (Phi) is 7.49. The van der Waals surface area contributed by atoms with Crippen molar-refractivity contribution in [1.82, 2.24) is 14.9 Å². The number of hydrogen-bond acceptors (Lipinski definition) is 7. The second-order valence-corrected chi connectivity index (χ2v) is 9.24. The molecule has 1 saturated heterocycles. The summed E-state index contributed by atoms with van der Waals surface area (Å²) in [5.41, 5.74) is 1.66. The molecule has 3 heterocycles. The molecule has 7 nitrogen and oxygen atoms in total. The highest BCUT2D eigenvalue weighted by Crippen LogP contribution is 2.34. The van der Waals surface area contributed by atoms with E-state index in [2.05, 4.69) is 9.97 Å². The highest BCUT2D eigenvalue weighted by atomic mass is 32.2. The normalized spacial score (nSPS) is 14.9. The molecule has 2 aromatic heterocycles. The molecule has 3 aromatic rings. The zero-order valence-corrected chi connectivity index (χ0v) is 19.6. The van der Waals surface area contributed by atoms with Crippen LogP contribution in [-0.2, 0) is 9.59 Å². The minimum atomic E-state index is -0.826. The van der Waals surface area contributed by atoms with E-state index in [0.717, 1.165) is 0 Å². The number of thiocarbonyl (C=S) groups is 1. The van der Waals surface area contributed by atoms with Gasteiger partial charge in [0.2, 0.25) is 0 Å². The van der Waals surface area contributed by atoms with Crippen molar-refractivity contribution in [3.63, 3.8) is 0 Å². The number of amides is 1. The van der Waals surface area contributed by atoms with E-state index in [1.165, 1.54) is 29.1 Å². The minimum absolute atomic E-state index is 0.114. The maximum Gasteiger partial charge on any atom is 0.303 e. The standard InChI is InChI=1S/C24H20FN3O4S2/c25-19-10-15(16-12-26-14-27-13-16)5-7-18(19)20-8-6-17(32-20)11-21-23(31)28(24(33)34-21)9-3-1-2-4-22(29)30/h5-8,10-14H,1-4,9H2,(H,29,30). The number of nitrogens with zero attached hydrogens (tertiary/aromatic N) is 3. The van der Waals surface area contributed by atoms with E-state index in [4.69, 9.17) is 21.7 Å². The maximum absolute atomic E-state index is 14.8. The van der Waals surface area contributed by atoms with Gasteiger partial charge in [-0.1, -0.05) is 36.5 Å². The summed E-state index contributed by atoms with van der Waals surface area (Å²) in [4.78, 5) is 33.2. The quantitative estimate of drug-likeness (QED) is 0.239. The van der Waals surface area contributed by atoms with Gasteiger partial charge in [-0.15, -0.1) is 0 Å². The van der Waals surface area contributed by atoms with E-state index in [0.29, 0.717) is 63.2 Å². The van der Waals surface area contributed by atoms with Gasteiger partial charge in [0.25, 0.3) is 5.91 Å². The molecule has 0 atom stereocenters. The topological polar surface area (TPSA) is 96.5 Å². The first-order chi connectivity index (χ1) is 16.4. The van der Waals surface area contributed by atoms with Crippen LogP contribution in [-0.4, -0.2) is 42.7 Å². The Morgan fingerprint density at radius 2 is 1.94 bits per heavy atom. The van der Waals surface area contributed by atoms with Crippen LogP contribution in [0, 0.1) is 5.82 Å². The van der Waals surface area contributed by atoms with Crippen molar-refractivity contribution in [2.45, 2.75) is 25.7 Å². The number of thioether (sulfide) groups is 1. The predicted octanol–water partition coefficient (Wildman–Crippen LogP) is 5.39. The lowest BCUT2D eigenvalue weighted by atomic mass is 10.1. The Morgan fingerprint density at radius 1 is 1.15 bits per heavy atom. The molecule has 0 spiro atoms. The molecule has 1 fully saturated rings. The number of benzene rings is 1. The summed E-state index contributed by atoms with van der Waals surface area (Å²) in [5.74, 6) is -0.735. The van der Waals surface area contributed by atoms with Gasteiger partial charge in [-0.2, -0.15) is 0 Å². The van der Waals surface area contributed by atoms with Crippen LogP contribution in [0.15, 0.2) is 58.4 Å². The van der Waals surface area contributed by atoms with Gasteiger partial charge in [-0.05, 0) is 42.7 Å². The van der Waals surface area contributed by atoms with E-state index in [1.807, 2.05) is 0 Å². The SMILES string of the molecule is O=C(O)CCCCCN1C(=O)C(=Cc2ccc(-c3ccc(-c4cncnc4)cc3F)o2)SC1=S. The van der Waals surface area contributed by atoms with Gasteiger partial charge in [0, 0.05) is 37.0 Å². The summed E-state index contributed by atoms with van der Waals surface area (Å²) in [7, 11) is 0. The minimum Gasteiger partial charge on any atom is -0.481 e. The van der Waals surface area contributed by atoms with Gasteiger partial charge in [0.1, 0.15) is 28.0 Å². The van der Waals surface area contributed by atoms with Crippen LogP contribution < -0.4 is 0 Å². The van der Waals surface area contributed by atoms with Crippen molar-refractivity contribution in [3.05, 3.63) is 65.5 Å². The molecule has 1 aliphatic heterocycles. The van der Waals surface area contributed by atoms with Crippen LogP contribution >= 0.6 is 24.0 Å². The smallest absolute Gasteiger partial charge is 0.303 e. The molecule has 0 saturated carbocycles. The first-order valence-corrected chi connectivity index (χ1v) is 11.8. The average Bonchev–Trinajstić information content (AvgIpc) is 3.38. The fourth-order valence-corrected chi connectivity index (χ4v) is 4.75. The lowest BCUT2D eigenvalue weighted by Crippen LogP contribution is -2.29. The second-order valence-electron chi connectivity index (χ2n) is 7.56. The molecular formula is C24H20FN3O4S2. The zero-order valence-electron chi connectivity index (χ0n) is 17.9. The molecule has 0 bridgehead atoms. The molecule has 1 aliphatic rings. The lowest BCUT2D eigenvalue weighted by molar-refractivity contribution is -0.137. The molecule has 34 heavy (non-hydrogen) atoms. The number of carboxylic acids is 1. The lowest BCUT2D eigenvalue weighted by Gasteiger charge is -2.13. The van der Waals surface area contributed by atoms with Gasteiger partial charge < -0.3 is 9.52 Å². The first-order valence-electron chi connectivity index (χ1n) is 10.5. The predicted molar refractivity (Wildman–Crippen MR) is 131 cm³/mol. The average molecular weight is 498 g/mol. The van der Waals surface area contributed by atoms with Crippen LogP contribution in [0.1, 0.15) is 31.4 Å². The van der Waals surface area contributed by atoms with Gasteiger partial charge >= 0.3 is 5.97 Å². The van der Waals surface area contributed by atoms with Crippen molar-refractivity contribution < 1.29 is 23.5 Å². The molecule has 4 rings (SSSR count). The number of aromatic nitrogens is 2. The molecule has 0 radical (unpaired) electrons. The number of aliphatic carboxylic acids is 1. The molecule has 1 N–H and O–H groups in total. The molecule has 10 heteroatoms. The molecule has 0 aliphatic carbocycles. The number of furan rings is 1. The summed E-state index contributed by atoms with van der Waals surface area (Å²) in [6, 6.07) is 8.12. The van der Waals surface area contributed by atoms with Crippen LogP contribution in [0.3, 0.4) is 0 Å².